The summed E-state index contributed by atoms with van der Waals surface area (Å²) in [5.74, 6) is -1.74. The van der Waals surface area contributed by atoms with Crippen LogP contribution in [-0.2, 0) is 18.8 Å². The number of anilines is 1. The highest BCUT2D eigenvalue weighted by molar-refractivity contribution is 7.96. The molecule has 1 saturated heterocycles. The third kappa shape index (κ3) is 7.45. The Morgan fingerprint density at radius 3 is 1.76 bits per heavy atom. The first-order valence-corrected chi connectivity index (χ1v) is 22.0. The summed E-state index contributed by atoms with van der Waals surface area (Å²) >= 11 is 0. The standard InChI is InChI=1S/C42H49N2O5PSi/c1-8-28-48-41(47)40(50(33-18-12-9-13-19-33,34-20-14-10-15-21-34)35-22-16-11-17-23-35)44-36(29-37(45)31-24-26-32(43)27-25-31)38(39(44)46)30(2)49-51(6,7)42(3,4)5/h8-27,30,36,38H,1,28-29,43H2,2-7H3/t30-,36+,38+/m0/s1. The molecule has 0 spiro atoms. The molecule has 0 bridgehead atoms. The topological polar surface area (TPSA) is 98.9 Å². The molecule has 4 aromatic rings. The minimum absolute atomic E-state index is 0.0257. The highest BCUT2D eigenvalue weighted by Crippen LogP contribution is 2.50. The molecule has 7 nitrogen and oxygen atoms in total. The molecule has 1 aliphatic rings. The third-order valence-electron chi connectivity index (χ3n) is 10.2. The van der Waals surface area contributed by atoms with Crippen molar-refractivity contribution in [1.29, 1.82) is 0 Å². The first-order valence-electron chi connectivity index (χ1n) is 17.3. The normalized spacial score (nSPS) is 16.9. The van der Waals surface area contributed by atoms with E-state index in [9.17, 15) is 14.4 Å². The molecule has 1 heterocycles. The Hall–Kier alpha value is -4.49. The molecular weight excluding hydrogens is 672 g/mol. The average molecular weight is 721 g/mol. The number of nitrogens with two attached hydrogens (primary N) is 1. The van der Waals surface area contributed by atoms with Gasteiger partial charge in [-0.2, -0.15) is 0 Å². The lowest BCUT2D eigenvalue weighted by molar-refractivity contribution is -0.156. The number of hydrogen-bond donors (Lipinski definition) is 1. The van der Waals surface area contributed by atoms with E-state index in [0.29, 0.717) is 11.3 Å². The van der Waals surface area contributed by atoms with Gasteiger partial charge in [0, 0.05) is 24.6 Å². The number of carbonyl (C=O) groups is 3. The van der Waals surface area contributed by atoms with E-state index in [4.69, 9.17) is 14.9 Å². The molecule has 51 heavy (non-hydrogen) atoms. The number of nitrogens with zero attached hydrogens (tertiary/aromatic N) is 1. The molecule has 0 aromatic heterocycles. The predicted octanol–water partition coefficient (Wildman–Crippen LogP) is 6.93. The Morgan fingerprint density at radius 1 is 0.863 bits per heavy atom. The Bertz CT molecular complexity index is 1820. The van der Waals surface area contributed by atoms with Crippen molar-refractivity contribution in [1.82, 2.24) is 4.90 Å². The van der Waals surface area contributed by atoms with Gasteiger partial charge in [-0.1, -0.05) is 124 Å². The monoisotopic (exact) mass is 720 g/mol. The lowest BCUT2D eigenvalue weighted by Gasteiger charge is -2.53. The van der Waals surface area contributed by atoms with Gasteiger partial charge in [0.15, 0.2) is 14.1 Å². The number of β-lactam (4-membered cyclic amide) rings is 1. The molecule has 9 heteroatoms. The summed E-state index contributed by atoms with van der Waals surface area (Å²) in [5, 5.41) is 2.51. The Kier molecular flexibility index (Phi) is 11.4. The van der Waals surface area contributed by atoms with Crippen LogP contribution in [0.5, 0.6) is 0 Å². The maximum absolute atomic E-state index is 15.0. The smallest absolute Gasteiger partial charge is 0.356 e. The maximum atomic E-state index is 15.0. The zero-order valence-electron chi connectivity index (χ0n) is 30.4. The fraction of sp³-hybridized carbons (Fsp3) is 0.286. The van der Waals surface area contributed by atoms with Crippen molar-refractivity contribution in [2.24, 2.45) is 5.92 Å². The molecule has 1 amide bonds. The van der Waals surface area contributed by atoms with Gasteiger partial charge in [0.25, 0.3) is 0 Å². The van der Waals surface area contributed by atoms with Gasteiger partial charge in [0.1, 0.15) is 12.0 Å². The van der Waals surface area contributed by atoms with Gasteiger partial charge in [0.05, 0.1) is 18.1 Å². The van der Waals surface area contributed by atoms with Crippen LogP contribution < -0.4 is 21.6 Å². The van der Waals surface area contributed by atoms with E-state index < -0.39 is 39.2 Å². The van der Waals surface area contributed by atoms with Gasteiger partial charge in [-0.15, -0.1) is 0 Å². The van der Waals surface area contributed by atoms with Crippen LogP contribution in [0, 0.1) is 5.92 Å². The summed E-state index contributed by atoms with van der Waals surface area (Å²) in [6.45, 7) is 13.3. The van der Waals surface area contributed by atoms with Crippen molar-refractivity contribution < 1.29 is 23.5 Å². The fourth-order valence-corrected chi connectivity index (χ4v) is 12.4. The van der Waals surface area contributed by atoms with Crippen molar-refractivity contribution in [2.45, 2.75) is 64.4 Å². The van der Waals surface area contributed by atoms with Gasteiger partial charge >= 0.3 is 5.97 Å². The average Bonchev–Trinajstić information content (AvgIpc) is 3.11. The first-order chi connectivity index (χ1) is 24.2. The number of hydrogen-bond acceptors (Lipinski definition) is 6. The Balaban J connectivity index is 1.83. The number of carbonyl (C=O) groups excluding carboxylic acids is 3. The molecule has 266 valence electrons. The number of ketones is 1. The number of Topliss-reactive ketones (excluding diaryl/α,β-unsaturated/α-hetero) is 1. The summed E-state index contributed by atoms with van der Waals surface area (Å²) in [4.78, 5) is 45.5. The van der Waals surface area contributed by atoms with E-state index in [-0.39, 0.29) is 35.2 Å². The van der Waals surface area contributed by atoms with E-state index in [1.54, 1.807) is 29.2 Å². The summed E-state index contributed by atoms with van der Waals surface area (Å²) in [6, 6.07) is 35.6. The molecule has 0 radical (unpaired) electrons. The molecule has 5 rings (SSSR count). The predicted molar refractivity (Wildman–Crippen MR) is 213 cm³/mol. The molecule has 0 aliphatic carbocycles. The van der Waals surface area contributed by atoms with Crippen LogP contribution in [0.2, 0.25) is 18.1 Å². The maximum Gasteiger partial charge on any atom is 0.356 e. The quantitative estimate of drug-likeness (QED) is 0.0306. The largest absolute Gasteiger partial charge is 0.457 e. The van der Waals surface area contributed by atoms with E-state index in [0.717, 1.165) is 15.9 Å². The number of ether oxygens (including phenoxy) is 1. The number of likely N-dealkylation sites (tertiary alicyclic amines) is 1. The molecule has 3 atom stereocenters. The second-order valence-corrected chi connectivity index (χ2v) is 22.6. The fourth-order valence-electron chi connectivity index (χ4n) is 6.62. The van der Waals surface area contributed by atoms with E-state index in [2.05, 4.69) is 40.4 Å². The molecule has 1 fully saturated rings. The minimum atomic E-state index is -3.15. The van der Waals surface area contributed by atoms with Crippen molar-refractivity contribution >= 4 is 59.9 Å². The van der Waals surface area contributed by atoms with Gasteiger partial charge in [-0.25, -0.2) is 4.79 Å². The zero-order chi connectivity index (χ0) is 37.0. The van der Waals surface area contributed by atoms with Crippen molar-refractivity contribution in [3.8, 4) is 0 Å². The molecule has 1 aliphatic heterocycles. The van der Waals surface area contributed by atoms with Gasteiger partial charge in [-0.05, 0) is 65.2 Å². The number of rotatable bonds is 13. The first kappa shape index (κ1) is 37.8. The Labute approximate surface area is 303 Å². The van der Waals surface area contributed by atoms with Crippen molar-refractivity contribution in [2.75, 3.05) is 12.3 Å². The van der Waals surface area contributed by atoms with E-state index in [1.807, 2.05) is 97.9 Å². The minimum Gasteiger partial charge on any atom is -0.457 e. The lowest BCUT2D eigenvalue weighted by Crippen LogP contribution is -2.69. The van der Waals surface area contributed by atoms with Gasteiger partial charge < -0.3 is 19.8 Å². The highest BCUT2D eigenvalue weighted by Gasteiger charge is 2.57. The molecule has 2 N–H and O–H groups in total. The summed E-state index contributed by atoms with van der Waals surface area (Å²) in [6.07, 6.45) is 0.978. The van der Waals surface area contributed by atoms with Crippen LogP contribution >= 0.6 is 6.89 Å². The van der Waals surface area contributed by atoms with E-state index in [1.165, 1.54) is 6.08 Å². The summed E-state index contributed by atoms with van der Waals surface area (Å²) in [5.41, 5.74) is 7.20. The molecule has 4 aromatic carbocycles. The van der Waals surface area contributed by atoms with Gasteiger partial charge in [-0.3, -0.25) is 9.59 Å². The second-order valence-electron chi connectivity index (χ2n) is 14.5. The van der Waals surface area contributed by atoms with Crippen molar-refractivity contribution in [3.63, 3.8) is 0 Å². The number of amides is 1. The van der Waals surface area contributed by atoms with Gasteiger partial charge in [0.2, 0.25) is 5.91 Å². The summed E-state index contributed by atoms with van der Waals surface area (Å²) in [7, 11) is -2.34. The second kappa shape index (κ2) is 15.4. The number of benzene rings is 4. The highest BCUT2D eigenvalue weighted by atomic mass is 31.2. The van der Waals surface area contributed by atoms with Crippen LogP contribution in [0.1, 0.15) is 44.5 Å². The van der Waals surface area contributed by atoms with Crippen molar-refractivity contribution in [3.05, 3.63) is 133 Å². The zero-order valence-corrected chi connectivity index (χ0v) is 32.3. The number of nitrogen functional groups attached to an aromatic ring is 1. The SMILES string of the molecule is C=CCOC(=O)C(N1C(=O)[C@H]([C@H](C)O[Si](C)(C)C(C)(C)C)[C@H]1CC(=O)c1ccc(N)cc1)=P(c1ccccc1)(c1ccccc1)c1ccccc1. The number of esters is 1. The lowest BCUT2D eigenvalue weighted by atomic mass is 9.79. The van der Waals surface area contributed by atoms with Crippen LogP contribution in [0.3, 0.4) is 0 Å². The van der Waals surface area contributed by atoms with Crippen LogP contribution in [0.4, 0.5) is 5.69 Å². The molecule has 0 unspecified atom stereocenters. The third-order valence-corrected chi connectivity index (χ3v) is 19.0. The van der Waals surface area contributed by atoms with Crippen LogP contribution in [-0.4, -0.2) is 55.0 Å². The Morgan fingerprint density at radius 2 is 1.33 bits per heavy atom. The van der Waals surface area contributed by atoms with E-state index >= 15 is 0 Å². The van der Waals surface area contributed by atoms with Crippen LogP contribution in [0.15, 0.2) is 128 Å². The molecule has 0 saturated carbocycles. The molecular formula is C42H49N2O5PSi. The van der Waals surface area contributed by atoms with Crippen LogP contribution in [0.25, 0.3) is 0 Å². The summed E-state index contributed by atoms with van der Waals surface area (Å²) < 4.78 is 12.8.